The van der Waals surface area contributed by atoms with Gasteiger partial charge < -0.3 is 9.47 Å². The van der Waals surface area contributed by atoms with Crippen molar-refractivity contribution < 1.29 is 14.3 Å². The Morgan fingerprint density at radius 3 is 2.84 bits per heavy atom. The molecule has 1 aromatic rings. The van der Waals surface area contributed by atoms with Crippen molar-refractivity contribution in [1.82, 2.24) is 0 Å². The first kappa shape index (κ1) is 15.8. The van der Waals surface area contributed by atoms with Crippen LogP contribution in [0.3, 0.4) is 0 Å². The highest BCUT2D eigenvalue weighted by molar-refractivity contribution is 9.09. The van der Waals surface area contributed by atoms with E-state index in [9.17, 15) is 4.79 Å². The fourth-order valence-corrected chi connectivity index (χ4v) is 1.87. The lowest BCUT2D eigenvalue weighted by Gasteiger charge is -2.08. The Bertz CT molecular complexity index is 416. The average molecular weight is 327 g/mol. The van der Waals surface area contributed by atoms with Crippen LogP contribution >= 0.6 is 15.9 Å². The molecule has 0 bridgehead atoms. The molecule has 1 aromatic carbocycles. The van der Waals surface area contributed by atoms with Crippen molar-refractivity contribution in [1.29, 1.82) is 0 Å². The smallest absolute Gasteiger partial charge is 0.330 e. The second-order valence-corrected chi connectivity index (χ2v) is 4.66. The molecular formula is C15H19BrO3. The Morgan fingerprint density at radius 1 is 1.32 bits per heavy atom. The fourth-order valence-electron chi connectivity index (χ4n) is 1.48. The van der Waals surface area contributed by atoms with Gasteiger partial charge in [-0.15, -0.1) is 0 Å². The number of carbonyl (C=O) groups is 1. The molecule has 104 valence electrons. The Morgan fingerprint density at radius 2 is 2.11 bits per heavy atom. The van der Waals surface area contributed by atoms with Gasteiger partial charge in [-0.25, -0.2) is 4.79 Å². The molecule has 4 heteroatoms. The van der Waals surface area contributed by atoms with Crippen molar-refractivity contribution in [2.45, 2.75) is 19.8 Å². The second kappa shape index (κ2) is 9.62. The number of benzene rings is 1. The first-order valence-corrected chi connectivity index (χ1v) is 7.52. The first-order chi connectivity index (χ1) is 9.27. The summed E-state index contributed by atoms with van der Waals surface area (Å²) in [5.74, 6) is 0.453. The van der Waals surface area contributed by atoms with Gasteiger partial charge in [-0.1, -0.05) is 34.1 Å². The average Bonchev–Trinajstić information content (AvgIpc) is 2.43. The van der Waals surface area contributed by atoms with E-state index in [2.05, 4.69) is 15.9 Å². The highest BCUT2D eigenvalue weighted by atomic mass is 79.9. The summed E-state index contributed by atoms with van der Waals surface area (Å²) in [6.07, 6.45) is 5.23. The highest BCUT2D eigenvalue weighted by Crippen LogP contribution is 2.19. The lowest BCUT2D eigenvalue weighted by Crippen LogP contribution is -2.00. The van der Waals surface area contributed by atoms with E-state index in [1.54, 1.807) is 13.0 Å². The zero-order valence-corrected chi connectivity index (χ0v) is 12.7. The van der Waals surface area contributed by atoms with Crippen molar-refractivity contribution in [3.05, 3.63) is 35.9 Å². The zero-order valence-electron chi connectivity index (χ0n) is 11.1. The number of hydrogen-bond acceptors (Lipinski definition) is 3. The number of alkyl halides is 1. The SMILES string of the molecule is CCOC(=O)/C=C/c1ccccc1OCCCCBr. The molecule has 0 amide bonds. The summed E-state index contributed by atoms with van der Waals surface area (Å²) in [6, 6.07) is 7.65. The fraction of sp³-hybridized carbons (Fsp3) is 0.400. The van der Waals surface area contributed by atoms with Crippen molar-refractivity contribution in [2.24, 2.45) is 0 Å². The van der Waals surface area contributed by atoms with Gasteiger partial charge >= 0.3 is 5.97 Å². The number of ether oxygens (including phenoxy) is 2. The number of rotatable bonds is 8. The second-order valence-electron chi connectivity index (χ2n) is 3.87. The molecular weight excluding hydrogens is 308 g/mol. The van der Waals surface area contributed by atoms with E-state index in [1.807, 2.05) is 24.3 Å². The molecule has 0 aliphatic heterocycles. The summed E-state index contributed by atoms with van der Waals surface area (Å²) in [7, 11) is 0. The molecule has 19 heavy (non-hydrogen) atoms. The number of unbranched alkanes of at least 4 members (excludes halogenated alkanes) is 1. The number of para-hydroxylation sites is 1. The molecule has 0 heterocycles. The molecule has 3 nitrogen and oxygen atoms in total. The number of carbonyl (C=O) groups excluding carboxylic acids is 1. The molecule has 0 aliphatic carbocycles. The van der Waals surface area contributed by atoms with Crippen LogP contribution in [0.25, 0.3) is 6.08 Å². The van der Waals surface area contributed by atoms with Crippen LogP contribution in [0.5, 0.6) is 5.75 Å². The van der Waals surface area contributed by atoms with Crippen molar-refractivity contribution in [3.8, 4) is 5.75 Å². The molecule has 0 aliphatic rings. The maximum Gasteiger partial charge on any atom is 0.330 e. The van der Waals surface area contributed by atoms with Crippen LogP contribution in [0.4, 0.5) is 0 Å². The van der Waals surface area contributed by atoms with Gasteiger partial charge in [0.15, 0.2) is 0 Å². The summed E-state index contributed by atoms with van der Waals surface area (Å²) in [5.41, 5.74) is 0.884. The number of hydrogen-bond donors (Lipinski definition) is 0. The maximum absolute atomic E-state index is 11.3. The lowest BCUT2D eigenvalue weighted by atomic mass is 10.2. The molecule has 0 N–H and O–H groups in total. The topological polar surface area (TPSA) is 35.5 Å². The van der Waals surface area contributed by atoms with Gasteiger partial charge in [0.05, 0.1) is 13.2 Å². The monoisotopic (exact) mass is 326 g/mol. The highest BCUT2D eigenvalue weighted by Gasteiger charge is 2.01. The molecule has 0 radical (unpaired) electrons. The molecule has 0 aromatic heterocycles. The van der Waals surface area contributed by atoms with Gasteiger partial charge in [0.25, 0.3) is 0 Å². The minimum atomic E-state index is -0.336. The number of esters is 1. The lowest BCUT2D eigenvalue weighted by molar-refractivity contribution is -0.137. The summed E-state index contributed by atoms with van der Waals surface area (Å²) < 4.78 is 10.6. The standard InChI is InChI=1S/C15H19BrO3/c1-2-18-15(17)10-9-13-7-3-4-8-14(13)19-12-6-5-11-16/h3-4,7-10H,2,5-6,11-12H2,1H3/b10-9+. The molecule has 0 atom stereocenters. The predicted octanol–water partition coefficient (Wildman–Crippen LogP) is 3.82. The Balaban J connectivity index is 2.59. The van der Waals surface area contributed by atoms with Crippen LogP contribution in [0.2, 0.25) is 0 Å². The third-order valence-electron chi connectivity index (χ3n) is 2.39. The molecule has 0 unspecified atom stereocenters. The Hall–Kier alpha value is -1.29. The quantitative estimate of drug-likeness (QED) is 0.315. The van der Waals surface area contributed by atoms with Crippen LogP contribution in [-0.4, -0.2) is 24.5 Å². The van der Waals surface area contributed by atoms with Crippen LogP contribution in [0.15, 0.2) is 30.3 Å². The van der Waals surface area contributed by atoms with Gasteiger partial charge in [-0.05, 0) is 31.9 Å². The van der Waals surface area contributed by atoms with Crippen molar-refractivity contribution in [3.63, 3.8) is 0 Å². The van der Waals surface area contributed by atoms with E-state index in [0.29, 0.717) is 13.2 Å². The summed E-state index contributed by atoms with van der Waals surface area (Å²) in [4.78, 5) is 11.3. The van der Waals surface area contributed by atoms with Gasteiger partial charge in [0.1, 0.15) is 5.75 Å². The summed E-state index contributed by atoms with van der Waals surface area (Å²) >= 11 is 3.39. The normalized spacial score (nSPS) is 10.6. The molecule has 0 spiro atoms. The molecule has 0 saturated heterocycles. The van der Waals surface area contributed by atoms with E-state index >= 15 is 0 Å². The molecule has 0 fully saturated rings. The summed E-state index contributed by atoms with van der Waals surface area (Å²) in [5, 5.41) is 0.987. The van der Waals surface area contributed by atoms with Gasteiger partial charge in [0, 0.05) is 17.0 Å². The van der Waals surface area contributed by atoms with E-state index in [-0.39, 0.29) is 5.97 Å². The van der Waals surface area contributed by atoms with Gasteiger partial charge in [0.2, 0.25) is 0 Å². The van der Waals surface area contributed by atoms with Crippen LogP contribution in [-0.2, 0) is 9.53 Å². The van der Waals surface area contributed by atoms with E-state index in [0.717, 1.165) is 29.5 Å². The predicted molar refractivity (Wildman–Crippen MR) is 80.6 cm³/mol. The van der Waals surface area contributed by atoms with Gasteiger partial charge in [-0.3, -0.25) is 0 Å². The minimum Gasteiger partial charge on any atom is -0.493 e. The van der Waals surface area contributed by atoms with E-state index < -0.39 is 0 Å². The van der Waals surface area contributed by atoms with Crippen LogP contribution in [0, 0.1) is 0 Å². The number of halogens is 1. The molecule has 0 saturated carbocycles. The molecule has 1 rings (SSSR count). The van der Waals surface area contributed by atoms with E-state index in [1.165, 1.54) is 6.08 Å². The Kier molecular flexibility index (Phi) is 7.98. The maximum atomic E-state index is 11.3. The van der Waals surface area contributed by atoms with Gasteiger partial charge in [-0.2, -0.15) is 0 Å². The van der Waals surface area contributed by atoms with Crippen molar-refractivity contribution in [2.75, 3.05) is 18.5 Å². The zero-order chi connectivity index (χ0) is 13.9. The third kappa shape index (κ3) is 6.43. The Labute approximate surface area is 122 Å². The minimum absolute atomic E-state index is 0.336. The third-order valence-corrected chi connectivity index (χ3v) is 2.95. The van der Waals surface area contributed by atoms with Crippen LogP contribution < -0.4 is 4.74 Å². The first-order valence-electron chi connectivity index (χ1n) is 6.40. The van der Waals surface area contributed by atoms with Crippen molar-refractivity contribution >= 4 is 28.0 Å². The van der Waals surface area contributed by atoms with E-state index in [4.69, 9.17) is 9.47 Å². The summed E-state index contributed by atoms with van der Waals surface area (Å²) in [6.45, 7) is 2.84. The van der Waals surface area contributed by atoms with Crippen LogP contribution in [0.1, 0.15) is 25.3 Å². The largest absolute Gasteiger partial charge is 0.493 e.